The van der Waals surface area contributed by atoms with Gasteiger partial charge in [0.1, 0.15) is 11.5 Å². The van der Waals surface area contributed by atoms with Crippen molar-refractivity contribution in [3.63, 3.8) is 0 Å². The number of methoxy groups -OCH3 is 2. The topological polar surface area (TPSA) is 77.8 Å². The number of nitrogens with one attached hydrogen (secondary N) is 1. The summed E-state index contributed by atoms with van der Waals surface area (Å²) in [6.07, 6.45) is 0. The average molecular weight is 437 g/mol. The molecule has 0 atom stereocenters. The van der Waals surface area contributed by atoms with Crippen molar-refractivity contribution in [2.75, 3.05) is 25.3 Å². The van der Waals surface area contributed by atoms with Gasteiger partial charge in [-0.3, -0.25) is 9.20 Å². The van der Waals surface area contributed by atoms with Crippen LogP contribution in [0, 0.1) is 20.8 Å². The van der Waals surface area contributed by atoms with Crippen LogP contribution in [0.4, 0.5) is 5.69 Å². The van der Waals surface area contributed by atoms with Crippen LogP contribution in [0.3, 0.4) is 0 Å². The molecular formula is C23H24N4O3S. The van der Waals surface area contributed by atoms with Gasteiger partial charge in [-0.15, -0.1) is 10.2 Å². The maximum absolute atomic E-state index is 12.6. The van der Waals surface area contributed by atoms with Gasteiger partial charge in [-0.2, -0.15) is 0 Å². The minimum Gasteiger partial charge on any atom is -0.497 e. The molecule has 2 aromatic carbocycles. The zero-order valence-electron chi connectivity index (χ0n) is 18.1. The maximum atomic E-state index is 12.6. The number of aromatic nitrogens is 3. The van der Waals surface area contributed by atoms with Crippen molar-refractivity contribution in [2.24, 2.45) is 0 Å². The fourth-order valence-electron chi connectivity index (χ4n) is 3.61. The average Bonchev–Trinajstić information content (AvgIpc) is 3.19. The van der Waals surface area contributed by atoms with E-state index >= 15 is 0 Å². The minimum atomic E-state index is -0.151. The predicted molar refractivity (Wildman–Crippen MR) is 124 cm³/mol. The van der Waals surface area contributed by atoms with Crippen molar-refractivity contribution in [3.05, 3.63) is 53.1 Å². The van der Waals surface area contributed by atoms with Gasteiger partial charge in [0.05, 0.1) is 25.5 Å². The number of anilines is 1. The van der Waals surface area contributed by atoms with E-state index < -0.39 is 0 Å². The zero-order valence-corrected chi connectivity index (χ0v) is 19.0. The second-order valence-electron chi connectivity index (χ2n) is 7.37. The number of rotatable bonds is 6. The Morgan fingerprint density at radius 2 is 1.65 bits per heavy atom. The molecule has 2 aromatic heterocycles. The van der Waals surface area contributed by atoms with E-state index in [2.05, 4.69) is 52.0 Å². The molecule has 0 spiro atoms. The Labute approximate surface area is 184 Å². The largest absolute Gasteiger partial charge is 0.497 e. The first-order chi connectivity index (χ1) is 14.9. The summed E-state index contributed by atoms with van der Waals surface area (Å²) in [5.74, 6) is 1.26. The summed E-state index contributed by atoms with van der Waals surface area (Å²) in [6.45, 7) is 6.20. The Hall–Kier alpha value is -3.26. The lowest BCUT2D eigenvalue weighted by molar-refractivity contribution is -0.113. The quantitative estimate of drug-likeness (QED) is 0.447. The highest BCUT2D eigenvalue weighted by Gasteiger charge is 2.16. The number of hydrogen-bond acceptors (Lipinski definition) is 6. The summed E-state index contributed by atoms with van der Waals surface area (Å²) >= 11 is 1.36. The summed E-state index contributed by atoms with van der Waals surface area (Å²) in [6, 6.07) is 11.6. The van der Waals surface area contributed by atoms with Gasteiger partial charge in [-0.05, 0) is 43.5 Å². The van der Waals surface area contributed by atoms with Gasteiger partial charge in [-0.25, -0.2) is 0 Å². The number of hydrogen-bond donors (Lipinski definition) is 1. The number of carbonyl (C=O) groups is 1. The molecule has 8 heteroatoms. The number of benzene rings is 2. The van der Waals surface area contributed by atoms with E-state index in [1.54, 1.807) is 32.4 Å². The fraction of sp³-hybridized carbons (Fsp3) is 0.261. The molecule has 0 aliphatic heterocycles. The van der Waals surface area contributed by atoms with Crippen LogP contribution in [0.2, 0.25) is 0 Å². The first-order valence-corrected chi connectivity index (χ1v) is 10.8. The van der Waals surface area contributed by atoms with Gasteiger partial charge in [0.25, 0.3) is 0 Å². The number of nitrogens with zero attached hydrogens (tertiary/aromatic N) is 3. The molecule has 0 saturated heterocycles. The molecular weight excluding hydrogens is 412 g/mol. The molecule has 2 heterocycles. The first-order valence-electron chi connectivity index (χ1n) is 9.81. The second-order valence-corrected chi connectivity index (χ2v) is 8.31. The Kier molecular flexibility index (Phi) is 5.73. The van der Waals surface area contributed by atoms with Crippen LogP contribution in [0.15, 0.2) is 41.6 Å². The Bertz CT molecular complexity index is 1280. The number of thioether (sulfide) groups is 1. The summed E-state index contributed by atoms with van der Waals surface area (Å²) in [5.41, 5.74) is 5.88. The Morgan fingerprint density at radius 3 is 2.32 bits per heavy atom. The molecule has 0 aliphatic rings. The molecule has 0 bridgehead atoms. The molecule has 160 valence electrons. The van der Waals surface area contributed by atoms with E-state index in [1.165, 1.54) is 22.7 Å². The number of aryl methyl sites for hydroxylation is 3. The van der Waals surface area contributed by atoms with E-state index in [-0.39, 0.29) is 11.7 Å². The lowest BCUT2D eigenvalue weighted by atomic mass is 10.0. The van der Waals surface area contributed by atoms with E-state index in [1.807, 2.05) is 6.92 Å². The third-order valence-corrected chi connectivity index (χ3v) is 6.10. The van der Waals surface area contributed by atoms with E-state index in [4.69, 9.17) is 9.47 Å². The zero-order chi connectivity index (χ0) is 22.1. The van der Waals surface area contributed by atoms with E-state index in [0.717, 1.165) is 22.3 Å². The van der Waals surface area contributed by atoms with Crippen LogP contribution in [-0.4, -0.2) is 40.5 Å². The summed E-state index contributed by atoms with van der Waals surface area (Å²) < 4.78 is 12.6. The monoisotopic (exact) mass is 436 g/mol. The summed E-state index contributed by atoms with van der Waals surface area (Å²) in [7, 11) is 3.14. The van der Waals surface area contributed by atoms with Crippen molar-refractivity contribution >= 4 is 39.9 Å². The molecule has 7 nitrogen and oxygen atoms in total. The van der Waals surface area contributed by atoms with Crippen LogP contribution in [0.25, 0.3) is 16.6 Å². The lowest BCUT2D eigenvalue weighted by Gasteiger charge is -2.12. The molecule has 31 heavy (non-hydrogen) atoms. The highest BCUT2D eigenvalue weighted by atomic mass is 32.2. The summed E-state index contributed by atoms with van der Waals surface area (Å²) in [5, 5.41) is 13.5. The molecule has 1 N–H and O–H groups in total. The van der Waals surface area contributed by atoms with Gasteiger partial charge < -0.3 is 14.8 Å². The SMILES string of the molecule is COc1cc(NC(=O)CSc2nnc3c(C)cc4c(C)ccc(C)c4n23)cc(OC)c1. The third kappa shape index (κ3) is 4.03. The van der Waals surface area contributed by atoms with Gasteiger partial charge in [0.2, 0.25) is 5.91 Å². The second kappa shape index (κ2) is 8.47. The van der Waals surface area contributed by atoms with Crippen molar-refractivity contribution in [1.82, 2.24) is 14.6 Å². The fourth-order valence-corrected chi connectivity index (χ4v) is 4.34. The molecule has 0 saturated carbocycles. The highest BCUT2D eigenvalue weighted by molar-refractivity contribution is 7.99. The predicted octanol–water partition coefficient (Wildman–Crippen LogP) is 4.56. The summed E-state index contributed by atoms with van der Waals surface area (Å²) in [4.78, 5) is 12.6. The lowest BCUT2D eigenvalue weighted by Crippen LogP contribution is -2.14. The number of fused-ring (bicyclic) bond motifs is 3. The van der Waals surface area contributed by atoms with Crippen molar-refractivity contribution < 1.29 is 14.3 Å². The van der Waals surface area contributed by atoms with Gasteiger partial charge in [0.15, 0.2) is 10.8 Å². The molecule has 4 rings (SSSR count). The van der Waals surface area contributed by atoms with Gasteiger partial charge in [0, 0.05) is 29.3 Å². The molecule has 0 radical (unpaired) electrons. The molecule has 1 amide bonds. The molecule has 0 fully saturated rings. The van der Waals surface area contributed by atoms with Crippen LogP contribution in [-0.2, 0) is 4.79 Å². The highest BCUT2D eigenvalue weighted by Crippen LogP contribution is 2.30. The van der Waals surface area contributed by atoms with E-state index in [0.29, 0.717) is 22.3 Å². The van der Waals surface area contributed by atoms with Crippen LogP contribution in [0.1, 0.15) is 16.7 Å². The maximum Gasteiger partial charge on any atom is 0.234 e. The number of pyridine rings is 1. The number of carbonyl (C=O) groups excluding carboxylic acids is 1. The minimum absolute atomic E-state index is 0.151. The third-order valence-electron chi connectivity index (χ3n) is 5.17. The Balaban J connectivity index is 1.61. The van der Waals surface area contributed by atoms with Crippen LogP contribution in [0.5, 0.6) is 11.5 Å². The standard InChI is InChI=1S/C23H24N4O3S/c1-13-6-7-14(2)21-19(13)8-15(3)22-25-26-23(27(21)22)31-12-20(28)24-16-9-17(29-4)11-18(10-16)30-5/h6-11H,12H2,1-5H3,(H,24,28). The van der Waals surface area contributed by atoms with Gasteiger partial charge >= 0.3 is 0 Å². The van der Waals surface area contributed by atoms with Crippen LogP contribution >= 0.6 is 11.8 Å². The van der Waals surface area contributed by atoms with Crippen molar-refractivity contribution in [2.45, 2.75) is 25.9 Å². The molecule has 0 aliphatic carbocycles. The van der Waals surface area contributed by atoms with E-state index in [9.17, 15) is 4.79 Å². The Morgan fingerprint density at radius 1 is 0.968 bits per heavy atom. The van der Waals surface area contributed by atoms with Crippen molar-refractivity contribution in [3.8, 4) is 11.5 Å². The molecule has 4 aromatic rings. The number of amides is 1. The first kappa shape index (κ1) is 21.0. The smallest absolute Gasteiger partial charge is 0.234 e. The normalized spacial score (nSPS) is 11.1. The van der Waals surface area contributed by atoms with Crippen molar-refractivity contribution in [1.29, 1.82) is 0 Å². The van der Waals surface area contributed by atoms with Gasteiger partial charge in [-0.1, -0.05) is 23.9 Å². The number of ether oxygens (including phenoxy) is 2. The van der Waals surface area contributed by atoms with Crippen LogP contribution < -0.4 is 14.8 Å². The molecule has 0 unspecified atom stereocenters.